The SMILES string of the molecule is CCCC1CCC(CN)C(N(CC)CC(F)(F)F)C1. The summed E-state index contributed by atoms with van der Waals surface area (Å²) in [5.74, 6) is 0.787. The smallest absolute Gasteiger partial charge is 0.330 e. The Kier molecular flexibility index (Phi) is 6.60. The number of hydrogen-bond donors (Lipinski definition) is 1. The normalized spacial score (nSPS) is 28.9. The lowest BCUT2D eigenvalue weighted by atomic mass is 9.76. The molecule has 0 radical (unpaired) electrons. The van der Waals surface area contributed by atoms with E-state index in [4.69, 9.17) is 5.73 Å². The molecule has 1 aliphatic carbocycles. The van der Waals surface area contributed by atoms with Crippen LogP contribution in [0.3, 0.4) is 0 Å². The minimum absolute atomic E-state index is 0.00178. The van der Waals surface area contributed by atoms with Crippen LogP contribution >= 0.6 is 0 Å². The Morgan fingerprint density at radius 2 is 1.89 bits per heavy atom. The molecular formula is C14H27F3N2. The van der Waals surface area contributed by atoms with E-state index in [1.807, 2.05) is 6.92 Å². The fourth-order valence-corrected chi connectivity index (χ4v) is 3.38. The standard InChI is InChI=1S/C14H27F3N2/c1-3-5-11-6-7-12(9-18)13(8-11)19(4-2)10-14(15,16)17/h11-13H,3-10,18H2,1-2H3. The summed E-state index contributed by atoms with van der Waals surface area (Å²) in [5, 5.41) is 0. The average Bonchev–Trinajstić information content (AvgIpc) is 2.35. The van der Waals surface area contributed by atoms with Gasteiger partial charge in [0.15, 0.2) is 0 Å². The molecule has 0 bridgehead atoms. The van der Waals surface area contributed by atoms with Gasteiger partial charge in [-0.05, 0) is 37.8 Å². The van der Waals surface area contributed by atoms with Crippen molar-refractivity contribution >= 4 is 0 Å². The third-order valence-corrected chi connectivity index (χ3v) is 4.32. The lowest BCUT2D eigenvalue weighted by Gasteiger charge is -2.42. The first-order valence-corrected chi connectivity index (χ1v) is 7.42. The van der Waals surface area contributed by atoms with Gasteiger partial charge >= 0.3 is 6.18 Å². The molecule has 5 heteroatoms. The van der Waals surface area contributed by atoms with Crippen molar-refractivity contribution in [1.29, 1.82) is 0 Å². The van der Waals surface area contributed by atoms with Crippen LogP contribution in [0.25, 0.3) is 0 Å². The molecule has 0 aromatic rings. The molecule has 0 saturated heterocycles. The molecular weight excluding hydrogens is 253 g/mol. The van der Waals surface area contributed by atoms with Crippen molar-refractivity contribution in [2.75, 3.05) is 19.6 Å². The Labute approximate surface area is 114 Å². The van der Waals surface area contributed by atoms with Crippen LogP contribution in [0, 0.1) is 11.8 Å². The van der Waals surface area contributed by atoms with Crippen molar-refractivity contribution in [3.8, 4) is 0 Å². The monoisotopic (exact) mass is 280 g/mol. The van der Waals surface area contributed by atoms with Gasteiger partial charge < -0.3 is 5.73 Å². The highest BCUT2D eigenvalue weighted by molar-refractivity contribution is 4.88. The van der Waals surface area contributed by atoms with Gasteiger partial charge in [-0.3, -0.25) is 4.90 Å². The maximum absolute atomic E-state index is 12.7. The van der Waals surface area contributed by atoms with Crippen molar-refractivity contribution in [2.45, 2.75) is 58.2 Å². The fourth-order valence-electron chi connectivity index (χ4n) is 3.38. The molecule has 2 nitrogen and oxygen atoms in total. The molecule has 2 N–H and O–H groups in total. The molecule has 0 heterocycles. The summed E-state index contributed by atoms with van der Waals surface area (Å²) in [7, 11) is 0. The van der Waals surface area contributed by atoms with Crippen LogP contribution in [-0.4, -0.2) is 36.8 Å². The van der Waals surface area contributed by atoms with Gasteiger partial charge in [-0.2, -0.15) is 13.2 Å². The van der Waals surface area contributed by atoms with Gasteiger partial charge in [0.25, 0.3) is 0 Å². The van der Waals surface area contributed by atoms with Crippen LogP contribution in [0.1, 0.15) is 46.0 Å². The number of hydrogen-bond acceptors (Lipinski definition) is 2. The Balaban J connectivity index is 2.71. The topological polar surface area (TPSA) is 29.3 Å². The Hall–Kier alpha value is -0.290. The molecule has 1 fully saturated rings. The van der Waals surface area contributed by atoms with Crippen LogP contribution in [0.2, 0.25) is 0 Å². The number of halogens is 3. The first-order chi connectivity index (χ1) is 8.91. The molecule has 0 spiro atoms. The molecule has 1 aliphatic rings. The molecule has 0 aliphatic heterocycles. The van der Waals surface area contributed by atoms with E-state index in [1.165, 1.54) is 0 Å². The molecule has 19 heavy (non-hydrogen) atoms. The highest BCUT2D eigenvalue weighted by Crippen LogP contribution is 2.35. The zero-order valence-corrected chi connectivity index (χ0v) is 12.0. The fraction of sp³-hybridized carbons (Fsp3) is 1.00. The van der Waals surface area contributed by atoms with Gasteiger partial charge in [0.1, 0.15) is 0 Å². The summed E-state index contributed by atoms with van der Waals surface area (Å²) in [6.45, 7) is 4.08. The van der Waals surface area contributed by atoms with E-state index in [-0.39, 0.29) is 12.0 Å². The molecule has 0 amide bonds. The summed E-state index contributed by atoms with van der Waals surface area (Å²) >= 11 is 0. The second kappa shape index (κ2) is 7.48. The third kappa shape index (κ3) is 5.30. The minimum atomic E-state index is -4.12. The molecule has 1 rings (SSSR count). The van der Waals surface area contributed by atoms with E-state index >= 15 is 0 Å². The van der Waals surface area contributed by atoms with Gasteiger partial charge in [-0.15, -0.1) is 0 Å². The highest BCUT2D eigenvalue weighted by Gasteiger charge is 2.38. The highest BCUT2D eigenvalue weighted by atomic mass is 19.4. The Bertz CT molecular complexity index is 256. The lowest BCUT2D eigenvalue weighted by molar-refractivity contribution is -0.155. The Morgan fingerprint density at radius 3 is 2.37 bits per heavy atom. The first kappa shape index (κ1) is 16.8. The van der Waals surface area contributed by atoms with Gasteiger partial charge in [-0.1, -0.05) is 33.1 Å². The van der Waals surface area contributed by atoms with E-state index < -0.39 is 12.7 Å². The van der Waals surface area contributed by atoms with Crippen molar-refractivity contribution < 1.29 is 13.2 Å². The van der Waals surface area contributed by atoms with Gasteiger partial charge in [-0.25, -0.2) is 0 Å². The summed E-state index contributed by atoms with van der Waals surface area (Å²) in [4.78, 5) is 1.58. The molecule has 114 valence electrons. The summed E-state index contributed by atoms with van der Waals surface area (Å²) in [5.41, 5.74) is 5.76. The molecule has 3 atom stereocenters. The van der Waals surface area contributed by atoms with Crippen molar-refractivity contribution in [3.05, 3.63) is 0 Å². The third-order valence-electron chi connectivity index (χ3n) is 4.32. The number of nitrogens with zero attached hydrogens (tertiary/aromatic N) is 1. The molecule has 0 aromatic heterocycles. The minimum Gasteiger partial charge on any atom is -0.330 e. The van der Waals surface area contributed by atoms with Gasteiger partial charge in [0.05, 0.1) is 6.54 Å². The van der Waals surface area contributed by atoms with E-state index in [0.717, 1.165) is 32.1 Å². The summed E-state index contributed by atoms with van der Waals surface area (Å²) in [6.07, 6.45) is 1.08. The molecule has 1 saturated carbocycles. The largest absolute Gasteiger partial charge is 0.401 e. The first-order valence-electron chi connectivity index (χ1n) is 7.42. The second-order valence-electron chi connectivity index (χ2n) is 5.71. The van der Waals surface area contributed by atoms with Crippen LogP contribution in [0.4, 0.5) is 13.2 Å². The second-order valence-corrected chi connectivity index (χ2v) is 5.71. The predicted octanol–water partition coefficient (Wildman–Crippen LogP) is 3.41. The lowest BCUT2D eigenvalue weighted by Crippen LogP contribution is -2.49. The van der Waals surface area contributed by atoms with Crippen molar-refractivity contribution in [2.24, 2.45) is 17.6 Å². The van der Waals surface area contributed by atoms with Gasteiger partial charge in [0, 0.05) is 6.04 Å². The average molecular weight is 280 g/mol. The van der Waals surface area contributed by atoms with Crippen LogP contribution in [-0.2, 0) is 0 Å². The van der Waals surface area contributed by atoms with Crippen molar-refractivity contribution in [1.82, 2.24) is 4.90 Å². The van der Waals surface area contributed by atoms with E-state index in [0.29, 0.717) is 19.0 Å². The predicted molar refractivity (Wildman–Crippen MR) is 71.9 cm³/mol. The number of nitrogens with two attached hydrogens (primary N) is 1. The van der Waals surface area contributed by atoms with Crippen molar-refractivity contribution in [3.63, 3.8) is 0 Å². The van der Waals surface area contributed by atoms with E-state index in [1.54, 1.807) is 4.90 Å². The maximum atomic E-state index is 12.7. The van der Waals surface area contributed by atoms with Gasteiger partial charge in [0.2, 0.25) is 0 Å². The van der Waals surface area contributed by atoms with E-state index in [9.17, 15) is 13.2 Å². The zero-order chi connectivity index (χ0) is 14.5. The zero-order valence-electron chi connectivity index (χ0n) is 12.0. The Morgan fingerprint density at radius 1 is 1.21 bits per heavy atom. The van der Waals surface area contributed by atoms with Crippen LogP contribution in [0.15, 0.2) is 0 Å². The number of alkyl halides is 3. The maximum Gasteiger partial charge on any atom is 0.401 e. The quantitative estimate of drug-likeness (QED) is 0.808. The summed E-state index contributed by atoms with van der Waals surface area (Å²) < 4.78 is 38.0. The molecule has 3 unspecified atom stereocenters. The van der Waals surface area contributed by atoms with E-state index in [2.05, 4.69) is 6.92 Å². The van der Waals surface area contributed by atoms with Crippen LogP contribution < -0.4 is 5.73 Å². The molecule has 0 aromatic carbocycles. The van der Waals surface area contributed by atoms with Crippen LogP contribution in [0.5, 0.6) is 0 Å². The number of rotatable bonds is 6. The summed E-state index contributed by atoms with van der Waals surface area (Å²) in [6, 6.07) is 0.00178.